The van der Waals surface area contributed by atoms with Gasteiger partial charge in [0.15, 0.2) is 0 Å². The van der Waals surface area contributed by atoms with E-state index in [1.807, 2.05) is 0 Å². The Kier molecular flexibility index (Phi) is 6.27. The molecule has 2 rings (SSSR count). The van der Waals surface area contributed by atoms with E-state index in [-0.39, 0.29) is 28.9 Å². The Labute approximate surface area is 154 Å². The number of hydrogen-bond acceptors (Lipinski definition) is 6. The van der Waals surface area contributed by atoms with E-state index in [1.165, 1.54) is 55.5 Å². The molecule has 0 aliphatic carbocycles. The predicted octanol–water partition coefficient (Wildman–Crippen LogP) is 2.49. The van der Waals surface area contributed by atoms with Gasteiger partial charge < -0.3 is 19.7 Å². The van der Waals surface area contributed by atoms with Gasteiger partial charge in [-0.3, -0.25) is 0 Å². The zero-order valence-corrected chi connectivity index (χ0v) is 14.2. The van der Waals surface area contributed by atoms with Crippen LogP contribution in [0.5, 0.6) is 0 Å². The number of carboxylic acids is 2. The van der Waals surface area contributed by atoms with Gasteiger partial charge in [0, 0.05) is 0 Å². The zero-order chi connectivity index (χ0) is 20.0. The van der Waals surface area contributed by atoms with Crippen LogP contribution in [-0.2, 0) is 9.47 Å². The van der Waals surface area contributed by atoms with Crippen molar-refractivity contribution in [2.45, 2.75) is 13.0 Å². The number of carboxylic acid groups (broad SMARTS) is 2. The van der Waals surface area contributed by atoms with Crippen LogP contribution in [0.4, 0.5) is 0 Å². The minimum Gasteiger partial charge on any atom is -0.478 e. The van der Waals surface area contributed by atoms with Gasteiger partial charge in [0.05, 0.1) is 22.3 Å². The highest BCUT2D eigenvalue weighted by Gasteiger charge is 2.17. The van der Waals surface area contributed by atoms with Crippen molar-refractivity contribution >= 4 is 23.9 Å². The normalized spacial score (nSPS) is 11.3. The average molecular weight is 372 g/mol. The number of ether oxygens (including phenoxy) is 2. The summed E-state index contributed by atoms with van der Waals surface area (Å²) in [6, 6.07) is 10.7. The van der Waals surface area contributed by atoms with E-state index in [0.717, 1.165) is 0 Å². The first-order valence-electron chi connectivity index (χ1n) is 7.82. The van der Waals surface area contributed by atoms with Gasteiger partial charge in [-0.25, -0.2) is 19.2 Å². The number of aromatic carboxylic acids is 2. The second-order valence-corrected chi connectivity index (χ2v) is 5.59. The molecule has 8 heteroatoms. The number of benzene rings is 2. The Bertz CT molecular complexity index is 887. The van der Waals surface area contributed by atoms with E-state index < -0.39 is 30.0 Å². The molecule has 0 aromatic heterocycles. The molecule has 1 atom stereocenters. The van der Waals surface area contributed by atoms with Gasteiger partial charge in [0.1, 0.15) is 12.7 Å². The second kappa shape index (κ2) is 8.61. The number of esters is 2. The van der Waals surface area contributed by atoms with Gasteiger partial charge in [-0.2, -0.15) is 0 Å². The molecule has 0 heterocycles. The molecule has 0 amide bonds. The molecule has 0 saturated carbocycles. The fourth-order valence-electron chi connectivity index (χ4n) is 2.12. The third-order valence-corrected chi connectivity index (χ3v) is 3.45. The molecule has 0 aliphatic heterocycles. The molecule has 2 N–H and O–H groups in total. The van der Waals surface area contributed by atoms with Crippen LogP contribution in [0.1, 0.15) is 48.4 Å². The van der Waals surface area contributed by atoms with Gasteiger partial charge in [-0.05, 0) is 43.3 Å². The van der Waals surface area contributed by atoms with E-state index in [0.29, 0.717) is 0 Å². The summed E-state index contributed by atoms with van der Waals surface area (Å²) in [6.45, 7) is 1.25. The van der Waals surface area contributed by atoms with E-state index in [4.69, 9.17) is 19.7 Å². The van der Waals surface area contributed by atoms with Crippen LogP contribution in [-0.4, -0.2) is 46.8 Å². The van der Waals surface area contributed by atoms with Crippen LogP contribution >= 0.6 is 0 Å². The van der Waals surface area contributed by atoms with E-state index in [1.54, 1.807) is 0 Å². The molecule has 140 valence electrons. The SMILES string of the molecule is CC(COC(=O)c1cccc(C(=O)O)c1)OC(=O)c1cccc(C(=O)O)c1. The minimum atomic E-state index is -1.17. The summed E-state index contributed by atoms with van der Waals surface area (Å²) in [5, 5.41) is 17.9. The molecule has 0 bridgehead atoms. The summed E-state index contributed by atoms with van der Waals surface area (Å²) in [5.41, 5.74) is 0.00824. The summed E-state index contributed by atoms with van der Waals surface area (Å²) >= 11 is 0. The first kappa shape index (κ1) is 19.6. The first-order valence-corrected chi connectivity index (χ1v) is 7.82. The lowest BCUT2D eigenvalue weighted by Gasteiger charge is -2.14. The molecular weight excluding hydrogens is 356 g/mol. The van der Waals surface area contributed by atoms with Gasteiger partial charge in [0.2, 0.25) is 0 Å². The summed E-state index contributed by atoms with van der Waals surface area (Å²) in [7, 11) is 0. The van der Waals surface area contributed by atoms with Crippen molar-refractivity contribution in [3.05, 3.63) is 70.8 Å². The summed E-state index contributed by atoms with van der Waals surface area (Å²) in [5.74, 6) is -3.85. The van der Waals surface area contributed by atoms with Crippen LogP contribution in [0.2, 0.25) is 0 Å². The molecule has 0 spiro atoms. The molecule has 0 saturated heterocycles. The molecular formula is C19H16O8. The number of carbonyl (C=O) groups excluding carboxylic acids is 2. The third-order valence-electron chi connectivity index (χ3n) is 3.45. The van der Waals surface area contributed by atoms with Crippen molar-refractivity contribution in [1.82, 2.24) is 0 Å². The van der Waals surface area contributed by atoms with Crippen LogP contribution in [0.15, 0.2) is 48.5 Å². The van der Waals surface area contributed by atoms with Gasteiger partial charge in [-0.1, -0.05) is 12.1 Å². The maximum absolute atomic E-state index is 12.0. The van der Waals surface area contributed by atoms with E-state index in [9.17, 15) is 19.2 Å². The van der Waals surface area contributed by atoms with Crippen LogP contribution in [0.25, 0.3) is 0 Å². The lowest BCUT2D eigenvalue weighted by Crippen LogP contribution is -2.22. The number of rotatable bonds is 7. The largest absolute Gasteiger partial charge is 0.478 e. The Balaban J connectivity index is 1.93. The second-order valence-electron chi connectivity index (χ2n) is 5.59. The van der Waals surface area contributed by atoms with Crippen molar-refractivity contribution in [3.63, 3.8) is 0 Å². The summed E-state index contributed by atoms with van der Waals surface area (Å²) in [4.78, 5) is 45.9. The van der Waals surface area contributed by atoms with E-state index in [2.05, 4.69) is 0 Å². The maximum atomic E-state index is 12.0. The maximum Gasteiger partial charge on any atom is 0.338 e. The first-order chi connectivity index (χ1) is 12.8. The fourth-order valence-corrected chi connectivity index (χ4v) is 2.12. The predicted molar refractivity (Wildman–Crippen MR) is 92.0 cm³/mol. The summed E-state index contributed by atoms with van der Waals surface area (Å²) < 4.78 is 10.1. The molecule has 8 nitrogen and oxygen atoms in total. The van der Waals surface area contributed by atoms with Crippen molar-refractivity contribution < 1.29 is 38.9 Å². The lowest BCUT2D eigenvalue weighted by atomic mass is 10.1. The quantitative estimate of drug-likeness (QED) is 0.710. The molecule has 0 radical (unpaired) electrons. The Morgan fingerprint density at radius 2 is 1.26 bits per heavy atom. The zero-order valence-electron chi connectivity index (χ0n) is 14.2. The molecule has 2 aromatic carbocycles. The number of hydrogen-bond donors (Lipinski definition) is 2. The van der Waals surface area contributed by atoms with Gasteiger partial charge >= 0.3 is 23.9 Å². The smallest absolute Gasteiger partial charge is 0.338 e. The van der Waals surface area contributed by atoms with Crippen molar-refractivity contribution in [2.75, 3.05) is 6.61 Å². The van der Waals surface area contributed by atoms with Crippen LogP contribution < -0.4 is 0 Å². The molecule has 1 unspecified atom stereocenters. The average Bonchev–Trinajstić information content (AvgIpc) is 2.66. The van der Waals surface area contributed by atoms with Crippen LogP contribution in [0, 0.1) is 0 Å². The molecule has 0 fully saturated rings. The third kappa shape index (κ3) is 5.40. The van der Waals surface area contributed by atoms with Crippen molar-refractivity contribution in [2.24, 2.45) is 0 Å². The molecule has 2 aromatic rings. The van der Waals surface area contributed by atoms with Gasteiger partial charge in [0.25, 0.3) is 0 Å². The highest BCUT2D eigenvalue weighted by molar-refractivity contribution is 5.95. The van der Waals surface area contributed by atoms with E-state index >= 15 is 0 Å². The Morgan fingerprint density at radius 1 is 0.815 bits per heavy atom. The Morgan fingerprint density at radius 3 is 1.74 bits per heavy atom. The molecule has 0 aliphatic rings. The Hall–Kier alpha value is -3.68. The van der Waals surface area contributed by atoms with Crippen LogP contribution in [0.3, 0.4) is 0 Å². The minimum absolute atomic E-state index is 0.0535. The lowest BCUT2D eigenvalue weighted by molar-refractivity contribution is 0.00446. The van der Waals surface area contributed by atoms with Crippen molar-refractivity contribution in [1.29, 1.82) is 0 Å². The number of carbonyl (C=O) groups is 4. The monoisotopic (exact) mass is 372 g/mol. The standard InChI is InChI=1S/C19H16O8/c1-11(27-19(25)15-7-3-5-13(9-15)17(22)23)10-26-18(24)14-6-2-4-12(8-14)16(20)21/h2-9,11H,10H2,1H3,(H,20,21)(H,22,23). The van der Waals surface area contributed by atoms with Gasteiger partial charge in [-0.15, -0.1) is 0 Å². The highest BCUT2D eigenvalue weighted by atomic mass is 16.6. The highest BCUT2D eigenvalue weighted by Crippen LogP contribution is 2.10. The summed E-state index contributed by atoms with van der Waals surface area (Å²) in [6.07, 6.45) is -0.794. The van der Waals surface area contributed by atoms with Crippen molar-refractivity contribution in [3.8, 4) is 0 Å². The topological polar surface area (TPSA) is 127 Å². The molecule has 27 heavy (non-hydrogen) atoms. The fraction of sp³-hybridized carbons (Fsp3) is 0.158.